The highest BCUT2D eigenvalue weighted by Gasteiger charge is 1.98. The van der Waals surface area contributed by atoms with E-state index in [0.29, 0.717) is 119 Å². The van der Waals surface area contributed by atoms with Gasteiger partial charge in [0.25, 0.3) is 0 Å². The Bertz CT molecular complexity index is 566. The van der Waals surface area contributed by atoms with Crippen LogP contribution >= 0.6 is 0 Å². The summed E-state index contributed by atoms with van der Waals surface area (Å²) in [4.78, 5) is 0. The predicted octanol–water partition coefficient (Wildman–Crippen LogP) is 9.38. The molecule has 0 aromatic carbocycles. The van der Waals surface area contributed by atoms with Crippen molar-refractivity contribution in [2.45, 2.75) is 149 Å². The van der Waals surface area contributed by atoms with Crippen LogP contribution in [0.25, 0.3) is 0 Å². The molecule has 0 heterocycles. The van der Waals surface area contributed by atoms with Crippen LogP contribution in [-0.4, -0.2) is 132 Å². The molecular weight excluding hydrogens is 676 g/mol. The van der Waals surface area contributed by atoms with E-state index in [1.807, 2.05) is 0 Å². The molecule has 0 atom stereocenters. The molecule has 0 unspecified atom stereocenters. The van der Waals surface area contributed by atoms with Crippen LogP contribution in [0.4, 0.5) is 0 Å². The van der Waals surface area contributed by atoms with Gasteiger partial charge in [-0.15, -0.1) is 0 Å². The van der Waals surface area contributed by atoms with E-state index in [0.717, 1.165) is 26.1 Å². The van der Waals surface area contributed by atoms with Gasteiger partial charge in [0, 0.05) is 13.2 Å². The summed E-state index contributed by atoms with van der Waals surface area (Å²) in [6.07, 6.45) is 28.5. The van der Waals surface area contributed by atoms with Gasteiger partial charge < -0.3 is 47.4 Å². The molecule has 0 saturated heterocycles. The van der Waals surface area contributed by atoms with Crippen molar-refractivity contribution in [2.24, 2.45) is 0 Å². The average Bonchev–Trinajstić information content (AvgIpc) is 3.17. The van der Waals surface area contributed by atoms with Crippen LogP contribution in [0.3, 0.4) is 0 Å². The summed E-state index contributed by atoms with van der Waals surface area (Å²) in [7, 11) is 0. The summed E-state index contributed by atoms with van der Waals surface area (Å²) in [5, 5.41) is 0. The highest BCUT2D eigenvalue weighted by atomic mass is 16.6. The number of hydrogen-bond acceptors (Lipinski definition) is 10. The molecule has 0 radical (unpaired) electrons. The molecule has 0 bridgehead atoms. The van der Waals surface area contributed by atoms with Gasteiger partial charge in [-0.05, 0) is 12.8 Å². The van der Waals surface area contributed by atoms with Crippen LogP contribution in [0.2, 0.25) is 0 Å². The smallest absolute Gasteiger partial charge is 0.0701 e. The Morgan fingerprint density at radius 2 is 0.283 bits per heavy atom. The fourth-order valence-electron chi connectivity index (χ4n) is 5.64. The lowest BCUT2D eigenvalue weighted by molar-refractivity contribution is -0.0264. The molecule has 0 N–H and O–H groups in total. The second kappa shape index (κ2) is 51.6. The highest BCUT2D eigenvalue weighted by molar-refractivity contribution is 4.50. The van der Waals surface area contributed by atoms with E-state index in [2.05, 4.69) is 13.8 Å². The van der Waals surface area contributed by atoms with Crippen molar-refractivity contribution >= 4 is 0 Å². The second-order valence-corrected chi connectivity index (χ2v) is 13.8. The lowest BCUT2D eigenvalue weighted by Crippen LogP contribution is -2.15. The fourth-order valence-corrected chi connectivity index (χ4v) is 5.64. The Kier molecular flexibility index (Phi) is 51.2. The molecule has 0 aromatic rings. The van der Waals surface area contributed by atoms with Crippen molar-refractivity contribution < 1.29 is 47.4 Å². The van der Waals surface area contributed by atoms with Gasteiger partial charge in [-0.2, -0.15) is 0 Å². The predicted molar refractivity (Wildman–Crippen MR) is 216 cm³/mol. The first-order valence-electron chi connectivity index (χ1n) is 22.2. The molecular formula is C43H88O10. The maximum atomic E-state index is 5.70. The Morgan fingerprint density at radius 1 is 0.151 bits per heavy atom. The second-order valence-electron chi connectivity index (χ2n) is 13.8. The zero-order valence-electron chi connectivity index (χ0n) is 35.1. The van der Waals surface area contributed by atoms with Crippen molar-refractivity contribution in [3.05, 3.63) is 0 Å². The monoisotopic (exact) mass is 765 g/mol. The van der Waals surface area contributed by atoms with Crippen LogP contribution in [-0.2, 0) is 47.4 Å². The largest absolute Gasteiger partial charge is 0.379 e. The summed E-state index contributed by atoms with van der Waals surface area (Å²) < 4.78 is 55.5. The van der Waals surface area contributed by atoms with Crippen molar-refractivity contribution in [3.8, 4) is 0 Å². The maximum Gasteiger partial charge on any atom is 0.0701 e. The third-order valence-corrected chi connectivity index (χ3v) is 8.88. The Balaban J connectivity index is 3.05. The first-order valence-corrected chi connectivity index (χ1v) is 22.2. The Hall–Kier alpha value is -0.400. The molecule has 0 aliphatic rings. The first-order chi connectivity index (χ1) is 26.4. The molecule has 0 aliphatic carbocycles. The molecule has 0 saturated carbocycles. The van der Waals surface area contributed by atoms with E-state index in [1.54, 1.807) is 0 Å². The quantitative estimate of drug-likeness (QED) is 0.0558. The molecule has 0 fully saturated rings. The summed E-state index contributed by atoms with van der Waals surface area (Å²) in [6.45, 7) is 16.4. The minimum Gasteiger partial charge on any atom is -0.379 e. The molecule has 0 amide bonds. The van der Waals surface area contributed by atoms with Crippen molar-refractivity contribution in [3.63, 3.8) is 0 Å². The van der Waals surface area contributed by atoms with E-state index in [1.165, 1.54) is 122 Å². The number of rotatable bonds is 50. The topological polar surface area (TPSA) is 92.3 Å². The molecule has 0 spiro atoms. The van der Waals surface area contributed by atoms with Crippen LogP contribution < -0.4 is 0 Å². The molecule has 53 heavy (non-hydrogen) atoms. The molecule has 320 valence electrons. The summed E-state index contributed by atoms with van der Waals surface area (Å²) in [5.74, 6) is 0. The molecule has 0 rings (SSSR count). The van der Waals surface area contributed by atoms with Crippen molar-refractivity contribution in [1.82, 2.24) is 0 Å². The molecule has 10 nitrogen and oxygen atoms in total. The minimum atomic E-state index is 0.535. The van der Waals surface area contributed by atoms with E-state index < -0.39 is 0 Å². The van der Waals surface area contributed by atoms with Crippen LogP contribution in [0.5, 0.6) is 0 Å². The zero-order chi connectivity index (χ0) is 38.1. The first kappa shape index (κ1) is 52.6. The summed E-state index contributed by atoms with van der Waals surface area (Å²) in [6, 6.07) is 0. The Labute approximate surface area is 327 Å². The number of ether oxygens (including phenoxy) is 10. The van der Waals surface area contributed by atoms with E-state index >= 15 is 0 Å². The third kappa shape index (κ3) is 51.6. The van der Waals surface area contributed by atoms with Gasteiger partial charge in [0.15, 0.2) is 0 Å². The SMILES string of the molecule is CCCCCCCCCCCCCCCCCCOCCOCCOCCOCCOCCOCCOCCOCCOCCOCCCCCCC. The Morgan fingerprint density at radius 3 is 0.453 bits per heavy atom. The lowest BCUT2D eigenvalue weighted by atomic mass is 10.0. The van der Waals surface area contributed by atoms with Gasteiger partial charge in [-0.3, -0.25) is 0 Å². The fraction of sp³-hybridized carbons (Fsp3) is 1.00. The minimum absolute atomic E-state index is 0.535. The number of hydrogen-bond donors (Lipinski definition) is 0. The van der Waals surface area contributed by atoms with E-state index in [4.69, 9.17) is 47.4 Å². The standard InChI is InChI=1S/C43H88O10/c1-3-5-7-9-10-11-12-13-14-15-16-17-18-19-21-23-25-45-27-29-47-31-33-49-35-37-51-39-41-53-43-42-52-40-38-50-36-34-48-32-30-46-28-26-44-24-22-20-8-6-4-2/h3-43H2,1-2H3. The van der Waals surface area contributed by atoms with Gasteiger partial charge in [0.2, 0.25) is 0 Å². The number of unbranched alkanes of at least 4 members (excludes halogenated alkanes) is 19. The van der Waals surface area contributed by atoms with Crippen molar-refractivity contribution in [2.75, 3.05) is 132 Å². The highest BCUT2D eigenvalue weighted by Crippen LogP contribution is 2.13. The lowest BCUT2D eigenvalue weighted by Gasteiger charge is -2.09. The maximum absolute atomic E-state index is 5.70. The van der Waals surface area contributed by atoms with Gasteiger partial charge in [0.1, 0.15) is 0 Å². The molecule has 0 aliphatic heterocycles. The van der Waals surface area contributed by atoms with Crippen LogP contribution in [0.1, 0.15) is 149 Å². The van der Waals surface area contributed by atoms with E-state index in [-0.39, 0.29) is 0 Å². The summed E-state index contributed by atoms with van der Waals surface area (Å²) >= 11 is 0. The van der Waals surface area contributed by atoms with Gasteiger partial charge in [-0.25, -0.2) is 0 Å². The zero-order valence-corrected chi connectivity index (χ0v) is 35.1. The van der Waals surface area contributed by atoms with E-state index in [9.17, 15) is 0 Å². The van der Waals surface area contributed by atoms with Gasteiger partial charge in [-0.1, -0.05) is 136 Å². The summed E-state index contributed by atoms with van der Waals surface area (Å²) in [5.41, 5.74) is 0. The molecule has 0 aromatic heterocycles. The van der Waals surface area contributed by atoms with Gasteiger partial charge in [0.05, 0.1) is 119 Å². The molecule has 10 heteroatoms. The van der Waals surface area contributed by atoms with Crippen molar-refractivity contribution in [1.29, 1.82) is 0 Å². The van der Waals surface area contributed by atoms with Crippen LogP contribution in [0, 0.1) is 0 Å². The average molecular weight is 765 g/mol. The third-order valence-electron chi connectivity index (χ3n) is 8.88. The van der Waals surface area contributed by atoms with Crippen LogP contribution in [0.15, 0.2) is 0 Å². The normalized spacial score (nSPS) is 11.7. The van der Waals surface area contributed by atoms with Gasteiger partial charge >= 0.3 is 0 Å².